The number of ether oxygens (including phenoxy) is 1. The van der Waals surface area contributed by atoms with Crippen LogP contribution in [-0.4, -0.2) is 54.5 Å². The van der Waals surface area contributed by atoms with Gasteiger partial charge in [0.05, 0.1) is 6.04 Å². The highest BCUT2D eigenvalue weighted by atomic mass is 32.1. The van der Waals surface area contributed by atoms with Crippen molar-refractivity contribution in [2.24, 2.45) is 5.92 Å². The molecule has 0 spiro atoms. The third-order valence-electron chi connectivity index (χ3n) is 6.01. The van der Waals surface area contributed by atoms with Crippen molar-refractivity contribution >= 4 is 23.3 Å². The van der Waals surface area contributed by atoms with Crippen LogP contribution >= 0.6 is 11.3 Å². The van der Waals surface area contributed by atoms with Crippen LogP contribution in [0, 0.1) is 11.7 Å². The highest BCUT2D eigenvalue weighted by Crippen LogP contribution is 2.34. The van der Waals surface area contributed by atoms with Gasteiger partial charge in [0.25, 0.3) is 0 Å². The molecule has 2 atom stereocenters. The van der Waals surface area contributed by atoms with E-state index >= 15 is 0 Å². The molecule has 33 heavy (non-hydrogen) atoms. The Morgan fingerprint density at radius 2 is 2.03 bits per heavy atom. The van der Waals surface area contributed by atoms with Gasteiger partial charge in [0, 0.05) is 24.5 Å². The lowest BCUT2D eigenvalue weighted by atomic mass is 10.00. The quantitative estimate of drug-likeness (QED) is 0.534. The van der Waals surface area contributed by atoms with Crippen molar-refractivity contribution in [3.63, 3.8) is 0 Å². The third-order valence-corrected chi connectivity index (χ3v) is 7.00. The maximum Gasteiger partial charge on any atom is 0.317 e. The van der Waals surface area contributed by atoms with Crippen molar-refractivity contribution in [2.45, 2.75) is 46.1 Å². The van der Waals surface area contributed by atoms with Crippen LogP contribution < -0.4 is 10.1 Å². The molecule has 3 amide bonds. The van der Waals surface area contributed by atoms with Gasteiger partial charge in [0.1, 0.15) is 24.7 Å². The Morgan fingerprint density at radius 3 is 2.73 bits per heavy atom. The molecule has 0 radical (unpaired) electrons. The molecule has 6 nitrogen and oxygen atoms in total. The fourth-order valence-corrected chi connectivity index (χ4v) is 4.83. The molecule has 180 valence electrons. The maximum atomic E-state index is 13.5. The van der Waals surface area contributed by atoms with Gasteiger partial charge in [-0.1, -0.05) is 27.2 Å². The smallest absolute Gasteiger partial charge is 0.317 e. The lowest BCUT2D eigenvalue weighted by molar-refractivity contribution is -0.135. The first-order valence-corrected chi connectivity index (χ1v) is 12.6. The Bertz CT molecular complexity index is 918. The van der Waals surface area contributed by atoms with E-state index in [-0.39, 0.29) is 36.9 Å². The fourth-order valence-electron chi connectivity index (χ4n) is 3.90. The Morgan fingerprint density at radius 1 is 1.27 bits per heavy atom. The van der Waals surface area contributed by atoms with Crippen molar-refractivity contribution in [3.05, 3.63) is 52.0 Å². The number of nitrogens with zero attached hydrogens (tertiary/aromatic N) is 2. The molecular weight excluding hydrogens is 441 g/mol. The van der Waals surface area contributed by atoms with Crippen LogP contribution in [-0.2, 0) is 11.2 Å². The van der Waals surface area contributed by atoms with Gasteiger partial charge in [-0.05, 0) is 60.0 Å². The van der Waals surface area contributed by atoms with Gasteiger partial charge in [-0.2, -0.15) is 0 Å². The summed E-state index contributed by atoms with van der Waals surface area (Å²) in [4.78, 5) is 30.9. The molecule has 1 aromatic carbocycles. The Labute approximate surface area is 199 Å². The van der Waals surface area contributed by atoms with Crippen LogP contribution in [0.5, 0.6) is 5.75 Å². The van der Waals surface area contributed by atoms with Gasteiger partial charge in [-0.3, -0.25) is 4.79 Å². The topological polar surface area (TPSA) is 61.9 Å². The average Bonchev–Trinajstić information content (AvgIpc) is 3.30. The molecule has 0 bridgehead atoms. The van der Waals surface area contributed by atoms with Crippen LogP contribution in [0.25, 0.3) is 0 Å². The van der Waals surface area contributed by atoms with Gasteiger partial charge in [-0.15, -0.1) is 11.3 Å². The monoisotopic (exact) mass is 475 g/mol. The SMILES string of the molecule is CCCNC(=O)N(CC(=O)N1CCc2sccc2C1COc1ccc(F)cc1)CC(C)CC. The van der Waals surface area contributed by atoms with Crippen LogP contribution in [0.4, 0.5) is 9.18 Å². The predicted molar refractivity (Wildman–Crippen MR) is 129 cm³/mol. The number of carbonyl (C=O) groups is 2. The molecule has 0 aliphatic carbocycles. The summed E-state index contributed by atoms with van der Waals surface area (Å²) in [5, 5.41) is 4.95. The molecule has 0 saturated carbocycles. The molecule has 2 heterocycles. The molecule has 1 aliphatic heterocycles. The number of benzene rings is 1. The number of fused-ring (bicyclic) bond motifs is 1. The summed E-state index contributed by atoms with van der Waals surface area (Å²) in [7, 11) is 0. The van der Waals surface area contributed by atoms with Gasteiger partial charge < -0.3 is 19.9 Å². The lowest BCUT2D eigenvalue weighted by Gasteiger charge is -2.37. The number of hydrogen-bond donors (Lipinski definition) is 1. The Kier molecular flexibility index (Phi) is 9.11. The standard InChI is InChI=1S/C25H34FN3O3S/c1-4-12-27-25(31)28(15-18(3)5-2)16-24(30)29-13-10-23-21(11-14-33-23)22(29)17-32-20-8-6-19(26)7-9-20/h6-9,11,14,18,22H,4-5,10,12-13,15-17H2,1-3H3,(H,27,31). The first kappa shape index (κ1) is 25.0. The second-order valence-corrected chi connectivity index (χ2v) is 9.54. The second-order valence-electron chi connectivity index (χ2n) is 8.54. The third kappa shape index (κ3) is 6.69. The van der Waals surface area contributed by atoms with Crippen LogP contribution in [0.2, 0.25) is 0 Å². The number of thiophene rings is 1. The van der Waals surface area contributed by atoms with Crippen LogP contribution in [0.15, 0.2) is 35.7 Å². The molecule has 1 N–H and O–H groups in total. The van der Waals surface area contributed by atoms with Crippen molar-refractivity contribution in [2.75, 3.05) is 32.8 Å². The molecule has 2 unspecified atom stereocenters. The van der Waals surface area contributed by atoms with E-state index in [1.54, 1.807) is 28.4 Å². The van der Waals surface area contributed by atoms with Crippen LogP contribution in [0.3, 0.4) is 0 Å². The zero-order valence-electron chi connectivity index (χ0n) is 19.7. The molecule has 1 aliphatic rings. The molecule has 8 heteroatoms. The number of amides is 3. The Hall–Kier alpha value is -2.61. The van der Waals surface area contributed by atoms with E-state index in [0.29, 0.717) is 31.3 Å². The minimum absolute atomic E-state index is 0.0341. The highest BCUT2D eigenvalue weighted by molar-refractivity contribution is 7.10. The van der Waals surface area contributed by atoms with E-state index in [1.807, 2.05) is 23.3 Å². The molecule has 1 aromatic heterocycles. The summed E-state index contributed by atoms with van der Waals surface area (Å²) in [5.41, 5.74) is 1.09. The Balaban J connectivity index is 1.74. The summed E-state index contributed by atoms with van der Waals surface area (Å²) in [6.45, 7) is 8.18. The maximum absolute atomic E-state index is 13.5. The number of nitrogens with one attached hydrogen (secondary N) is 1. The minimum Gasteiger partial charge on any atom is -0.491 e. The zero-order valence-corrected chi connectivity index (χ0v) is 20.5. The number of carbonyl (C=O) groups excluding carboxylic acids is 2. The molecule has 2 aromatic rings. The first-order chi connectivity index (χ1) is 15.9. The normalized spacial score (nSPS) is 16.1. The molecule has 3 rings (SSSR count). The summed E-state index contributed by atoms with van der Waals surface area (Å²) in [5.74, 6) is 0.449. The number of hydrogen-bond acceptors (Lipinski definition) is 4. The van der Waals surface area contributed by atoms with Gasteiger partial charge >= 0.3 is 6.03 Å². The van der Waals surface area contributed by atoms with E-state index in [1.165, 1.54) is 17.0 Å². The van der Waals surface area contributed by atoms with Crippen molar-refractivity contribution < 1.29 is 18.7 Å². The summed E-state index contributed by atoms with van der Waals surface area (Å²) >= 11 is 1.69. The number of halogens is 1. The zero-order chi connectivity index (χ0) is 23.8. The van der Waals surface area contributed by atoms with E-state index in [0.717, 1.165) is 24.8 Å². The first-order valence-electron chi connectivity index (χ1n) is 11.7. The summed E-state index contributed by atoms with van der Waals surface area (Å²) < 4.78 is 19.2. The molecular formula is C25H34FN3O3S. The van der Waals surface area contributed by atoms with Gasteiger partial charge in [0.2, 0.25) is 5.91 Å². The highest BCUT2D eigenvalue weighted by Gasteiger charge is 2.33. The van der Waals surface area contributed by atoms with Crippen molar-refractivity contribution in [3.8, 4) is 5.75 Å². The summed E-state index contributed by atoms with van der Waals surface area (Å²) in [6.07, 6.45) is 2.56. The minimum atomic E-state index is -0.320. The van der Waals surface area contributed by atoms with Gasteiger partial charge in [0.15, 0.2) is 0 Å². The molecule has 0 saturated heterocycles. The van der Waals surface area contributed by atoms with E-state index in [2.05, 4.69) is 19.2 Å². The van der Waals surface area contributed by atoms with E-state index < -0.39 is 0 Å². The van der Waals surface area contributed by atoms with Crippen molar-refractivity contribution in [1.29, 1.82) is 0 Å². The fraction of sp³-hybridized carbons (Fsp3) is 0.520. The average molecular weight is 476 g/mol. The predicted octanol–water partition coefficient (Wildman–Crippen LogP) is 4.86. The number of rotatable bonds is 10. The number of urea groups is 1. The summed E-state index contributed by atoms with van der Waals surface area (Å²) in [6, 6.07) is 7.49. The van der Waals surface area contributed by atoms with E-state index in [4.69, 9.17) is 4.74 Å². The van der Waals surface area contributed by atoms with Crippen molar-refractivity contribution in [1.82, 2.24) is 15.1 Å². The lowest BCUT2D eigenvalue weighted by Crippen LogP contribution is -2.50. The largest absolute Gasteiger partial charge is 0.491 e. The van der Waals surface area contributed by atoms with Crippen LogP contribution in [0.1, 0.15) is 50.1 Å². The van der Waals surface area contributed by atoms with Gasteiger partial charge in [-0.25, -0.2) is 9.18 Å². The van der Waals surface area contributed by atoms with E-state index in [9.17, 15) is 14.0 Å². The molecule has 0 fully saturated rings. The second kappa shape index (κ2) is 12.0.